The highest BCUT2D eigenvalue weighted by atomic mass is 35.7. The largest absolute Gasteiger partial charge is 0.477 e. The highest BCUT2D eigenvalue weighted by Gasteiger charge is 2.30. The fraction of sp³-hybridized carbons (Fsp3) is 0.455. The summed E-state index contributed by atoms with van der Waals surface area (Å²) >= 11 is 11.7. The molecule has 1 aromatic rings. The van der Waals surface area contributed by atoms with Gasteiger partial charge < -0.3 is 4.52 Å². The molecule has 2 rings (SSSR count). The molecule has 6 heteroatoms. The third kappa shape index (κ3) is 3.89. The summed E-state index contributed by atoms with van der Waals surface area (Å²) in [7, 11) is 0. The second kappa shape index (κ2) is 5.62. The molecule has 1 aliphatic rings. The van der Waals surface area contributed by atoms with Crippen LogP contribution in [0.3, 0.4) is 0 Å². The molecule has 0 saturated heterocycles. The van der Waals surface area contributed by atoms with Gasteiger partial charge >= 0.3 is 6.95 Å². The lowest BCUT2D eigenvalue weighted by Gasteiger charge is -2.17. The average Bonchev–Trinajstić information content (AvgIpc) is 2.73. The summed E-state index contributed by atoms with van der Waals surface area (Å²) in [4.78, 5) is 0. The number of para-hydroxylation sites is 1. The first-order valence-corrected chi connectivity index (χ1v) is 8.32. The maximum absolute atomic E-state index is 12.0. The van der Waals surface area contributed by atoms with Gasteiger partial charge in [-0.2, -0.15) is 0 Å². The van der Waals surface area contributed by atoms with Crippen molar-refractivity contribution in [1.82, 2.24) is 0 Å². The molecule has 0 spiro atoms. The van der Waals surface area contributed by atoms with Crippen molar-refractivity contribution in [1.29, 1.82) is 0 Å². The lowest BCUT2D eigenvalue weighted by molar-refractivity contribution is 0.193. The van der Waals surface area contributed by atoms with Crippen molar-refractivity contribution in [3.05, 3.63) is 29.3 Å². The Balaban J connectivity index is 2.01. The van der Waals surface area contributed by atoms with E-state index in [1.54, 1.807) is 24.3 Å². The molecule has 0 heterocycles. The number of halogens is 2. The molecule has 1 saturated carbocycles. The van der Waals surface area contributed by atoms with Crippen LogP contribution in [0.15, 0.2) is 24.3 Å². The molecule has 1 aliphatic carbocycles. The maximum atomic E-state index is 12.0. The van der Waals surface area contributed by atoms with Gasteiger partial charge in [-0.05, 0) is 25.0 Å². The van der Waals surface area contributed by atoms with Gasteiger partial charge in [-0.3, -0.25) is 4.52 Å². The Labute approximate surface area is 110 Å². The van der Waals surface area contributed by atoms with Crippen LogP contribution in [0.5, 0.6) is 5.75 Å². The lowest BCUT2D eigenvalue weighted by atomic mass is 10.3. The van der Waals surface area contributed by atoms with Crippen molar-refractivity contribution < 1.29 is 13.6 Å². The van der Waals surface area contributed by atoms with E-state index in [1.165, 1.54) is 0 Å². The van der Waals surface area contributed by atoms with Crippen LogP contribution in [-0.4, -0.2) is 6.10 Å². The van der Waals surface area contributed by atoms with E-state index < -0.39 is 6.95 Å². The van der Waals surface area contributed by atoms with Crippen LogP contribution in [0.2, 0.25) is 5.02 Å². The van der Waals surface area contributed by atoms with Gasteiger partial charge in [-0.25, -0.2) is 4.57 Å². The predicted molar refractivity (Wildman–Crippen MR) is 68.9 cm³/mol. The van der Waals surface area contributed by atoms with Crippen molar-refractivity contribution in [2.45, 2.75) is 31.8 Å². The normalized spacial score (nSPS) is 20.1. The summed E-state index contributed by atoms with van der Waals surface area (Å²) in [6.45, 7) is -3.60. The van der Waals surface area contributed by atoms with Gasteiger partial charge in [-0.1, -0.05) is 36.6 Å². The van der Waals surface area contributed by atoms with Gasteiger partial charge in [0.05, 0.1) is 11.1 Å². The van der Waals surface area contributed by atoms with Gasteiger partial charge in [0.25, 0.3) is 0 Å². The summed E-state index contributed by atoms with van der Waals surface area (Å²) < 4.78 is 22.4. The minimum Gasteiger partial charge on any atom is -0.412 e. The van der Waals surface area contributed by atoms with Crippen LogP contribution in [0.4, 0.5) is 0 Å². The van der Waals surface area contributed by atoms with Gasteiger partial charge in [-0.15, -0.1) is 0 Å². The summed E-state index contributed by atoms with van der Waals surface area (Å²) in [5.41, 5.74) is 0. The van der Waals surface area contributed by atoms with Gasteiger partial charge in [0, 0.05) is 11.2 Å². The third-order valence-electron chi connectivity index (χ3n) is 2.62. The molecule has 17 heavy (non-hydrogen) atoms. The number of hydrogen-bond donors (Lipinski definition) is 0. The zero-order chi connectivity index (χ0) is 12.3. The fourth-order valence-electron chi connectivity index (χ4n) is 1.83. The topological polar surface area (TPSA) is 35.5 Å². The molecule has 0 N–H and O–H groups in total. The van der Waals surface area contributed by atoms with Crippen LogP contribution in [-0.2, 0) is 9.09 Å². The Morgan fingerprint density at radius 1 is 1.24 bits per heavy atom. The Morgan fingerprint density at radius 2 is 1.88 bits per heavy atom. The van der Waals surface area contributed by atoms with E-state index in [1.807, 2.05) is 0 Å². The van der Waals surface area contributed by atoms with Gasteiger partial charge in [0.1, 0.15) is 5.75 Å². The van der Waals surface area contributed by atoms with Crippen LogP contribution in [0.25, 0.3) is 0 Å². The van der Waals surface area contributed by atoms with Crippen molar-refractivity contribution in [2.24, 2.45) is 0 Å². The second-order valence-electron chi connectivity index (χ2n) is 3.96. The summed E-state index contributed by atoms with van der Waals surface area (Å²) in [6, 6.07) is 6.73. The number of hydrogen-bond acceptors (Lipinski definition) is 3. The minimum atomic E-state index is -3.60. The first kappa shape index (κ1) is 13.2. The molecule has 0 bridgehead atoms. The molecule has 1 atom stereocenters. The number of benzene rings is 1. The first-order valence-electron chi connectivity index (χ1n) is 5.49. The third-order valence-corrected chi connectivity index (χ3v) is 4.34. The molecule has 0 radical (unpaired) electrons. The standard InChI is InChI=1S/C11H13Cl2O3P/c12-10-7-3-4-8-11(10)16-17(13,14)15-9-5-1-2-6-9/h3-4,7-9H,1-2,5-6H2. The maximum Gasteiger partial charge on any atom is 0.477 e. The van der Waals surface area contributed by atoms with Crippen molar-refractivity contribution in [2.75, 3.05) is 0 Å². The molecule has 1 aromatic carbocycles. The minimum absolute atomic E-state index is 0.0687. The Hall–Kier alpha value is -0.210. The van der Waals surface area contributed by atoms with Crippen molar-refractivity contribution >= 4 is 29.8 Å². The molecular weight excluding hydrogens is 282 g/mol. The Bertz CT molecular complexity index is 432. The van der Waals surface area contributed by atoms with E-state index >= 15 is 0 Å². The highest BCUT2D eigenvalue weighted by Crippen LogP contribution is 2.56. The van der Waals surface area contributed by atoms with Crippen molar-refractivity contribution in [3.63, 3.8) is 0 Å². The van der Waals surface area contributed by atoms with Crippen LogP contribution in [0.1, 0.15) is 25.7 Å². The van der Waals surface area contributed by atoms with Gasteiger partial charge in [0.15, 0.2) is 0 Å². The van der Waals surface area contributed by atoms with E-state index in [0.717, 1.165) is 25.7 Å². The number of rotatable bonds is 4. The van der Waals surface area contributed by atoms with Crippen molar-refractivity contribution in [3.8, 4) is 5.75 Å². The Morgan fingerprint density at radius 3 is 2.53 bits per heavy atom. The van der Waals surface area contributed by atoms with Crippen LogP contribution in [0, 0.1) is 0 Å². The summed E-state index contributed by atoms with van der Waals surface area (Å²) in [5, 5.41) is 0.364. The monoisotopic (exact) mass is 294 g/mol. The van der Waals surface area contributed by atoms with E-state index in [2.05, 4.69) is 0 Å². The smallest absolute Gasteiger partial charge is 0.412 e. The molecule has 3 nitrogen and oxygen atoms in total. The fourth-order valence-corrected chi connectivity index (χ4v) is 3.62. The van der Waals surface area contributed by atoms with Crippen LogP contribution >= 0.6 is 29.8 Å². The summed E-state index contributed by atoms with van der Waals surface area (Å²) in [6.07, 6.45) is 3.84. The molecular formula is C11H13Cl2O3P. The molecule has 94 valence electrons. The van der Waals surface area contributed by atoms with Crippen LogP contribution < -0.4 is 4.52 Å². The quantitative estimate of drug-likeness (QED) is 0.731. The average molecular weight is 295 g/mol. The zero-order valence-corrected chi connectivity index (χ0v) is 11.5. The SMILES string of the molecule is O=P(Cl)(Oc1ccccc1Cl)OC1CCCC1. The lowest BCUT2D eigenvalue weighted by Crippen LogP contribution is -2.06. The van der Waals surface area contributed by atoms with Gasteiger partial charge in [0.2, 0.25) is 0 Å². The zero-order valence-electron chi connectivity index (χ0n) is 9.14. The molecule has 0 aromatic heterocycles. The molecule has 1 fully saturated rings. The highest BCUT2D eigenvalue weighted by molar-refractivity contribution is 7.81. The van der Waals surface area contributed by atoms with E-state index in [-0.39, 0.29) is 11.9 Å². The first-order chi connectivity index (χ1) is 8.07. The molecule has 1 unspecified atom stereocenters. The predicted octanol–water partition coefficient (Wildman–Crippen LogP) is 5.02. The summed E-state index contributed by atoms with van der Waals surface area (Å²) in [5.74, 6) is 0.283. The van der Waals surface area contributed by atoms with E-state index in [9.17, 15) is 4.57 Å². The Kier molecular flexibility index (Phi) is 4.37. The van der Waals surface area contributed by atoms with E-state index in [0.29, 0.717) is 5.02 Å². The van der Waals surface area contributed by atoms with E-state index in [4.69, 9.17) is 31.9 Å². The molecule has 0 amide bonds. The molecule has 0 aliphatic heterocycles. The second-order valence-corrected chi connectivity index (χ2v) is 6.87.